The number of pyridine rings is 1. The second-order valence-electron chi connectivity index (χ2n) is 7.36. The van der Waals surface area contributed by atoms with Crippen LogP contribution in [0.3, 0.4) is 0 Å². The van der Waals surface area contributed by atoms with Gasteiger partial charge in [-0.1, -0.05) is 12.1 Å². The minimum atomic E-state index is -0.406. The normalized spacial score (nSPS) is 10.9. The van der Waals surface area contributed by atoms with Crippen LogP contribution in [0.15, 0.2) is 54.9 Å². The predicted molar refractivity (Wildman–Crippen MR) is 125 cm³/mol. The summed E-state index contributed by atoms with van der Waals surface area (Å²) in [5, 5.41) is 13.6. The van der Waals surface area contributed by atoms with Gasteiger partial charge in [-0.15, -0.1) is 10.2 Å². The fourth-order valence-electron chi connectivity index (χ4n) is 3.57. The first-order valence-electron chi connectivity index (χ1n) is 10.5. The average molecular weight is 472 g/mol. The fourth-order valence-corrected chi connectivity index (χ4v) is 3.57. The van der Waals surface area contributed by atoms with Gasteiger partial charge in [0.15, 0.2) is 17.3 Å². The minimum Gasteiger partial charge on any atom is -0.493 e. The largest absolute Gasteiger partial charge is 0.493 e. The molecule has 3 aromatic heterocycles. The van der Waals surface area contributed by atoms with Crippen LogP contribution in [0.5, 0.6) is 17.2 Å². The molecule has 0 amide bonds. The first-order chi connectivity index (χ1) is 17.1. The van der Waals surface area contributed by atoms with Crippen molar-refractivity contribution in [1.82, 2.24) is 29.8 Å². The Kier molecular flexibility index (Phi) is 5.80. The van der Waals surface area contributed by atoms with E-state index >= 15 is 0 Å². The Bertz CT molecular complexity index is 1530. The number of hydrogen-bond donors (Lipinski definition) is 0. The van der Waals surface area contributed by atoms with Gasteiger partial charge in [0.2, 0.25) is 0 Å². The summed E-state index contributed by atoms with van der Waals surface area (Å²) in [5.74, 6) is 2.14. The van der Waals surface area contributed by atoms with Gasteiger partial charge in [-0.2, -0.15) is 9.61 Å². The first kappa shape index (κ1) is 22.0. The van der Waals surface area contributed by atoms with Crippen LogP contribution in [0.2, 0.25) is 0 Å². The number of benzene rings is 2. The third-order valence-corrected chi connectivity index (χ3v) is 5.36. The Labute approximate surface area is 199 Å². The highest BCUT2D eigenvalue weighted by Gasteiger charge is 2.14. The lowest BCUT2D eigenvalue weighted by molar-refractivity contribution is 0.0600. The summed E-state index contributed by atoms with van der Waals surface area (Å²) in [5.41, 5.74) is 2.50. The monoisotopic (exact) mass is 472 g/mol. The highest BCUT2D eigenvalue weighted by atomic mass is 16.5. The Balaban J connectivity index is 1.43. The number of aromatic nitrogens is 6. The maximum Gasteiger partial charge on any atom is 0.337 e. The summed E-state index contributed by atoms with van der Waals surface area (Å²) in [7, 11) is 4.48. The molecule has 0 aliphatic rings. The number of fused-ring (bicyclic) bond motifs is 2. The highest BCUT2D eigenvalue weighted by molar-refractivity contribution is 5.90. The van der Waals surface area contributed by atoms with Crippen LogP contribution in [-0.2, 0) is 11.3 Å². The number of esters is 1. The molecule has 0 spiro atoms. The number of nitrogens with zero attached hydrogens (tertiary/aromatic N) is 6. The smallest absolute Gasteiger partial charge is 0.337 e. The predicted octanol–water partition coefficient (Wildman–Crippen LogP) is 3.12. The van der Waals surface area contributed by atoms with E-state index in [1.165, 1.54) is 11.6 Å². The van der Waals surface area contributed by atoms with Crippen molar-refractivity contribution in [1.29, 1.82) is 0 Å². The zero-order valence-corrected chi connectivity index (χ0v) is 19.1. The molecule has 176 valence electrons. The number of rotatable bonds is 7. The van der Waals surface area contributed by atoms with Crippen LogP contribution >= 0.6 is 0 Å². The van der Waals surface area contributed by atoms with E-state index in [2.05, 4.69) is 25.3 Å². The van der Waals surface area contributed by atoms with E-state index in [0.717, 1.165) is 10.9 Å². The van der Waals surface area contributed by atoms with Crippen LogP contribution < -0.4 is 14.2 Å². The van der Waals surface area contributed by atoms with E-state index in [9.17, 15) is 4.79 Å². The SMILES string of the molecule is COC(=O)c1ccc(-c2cnc3nnc(COc4ccnc5cc(OC)c(OC)cc45)n3n2)cc1. The summed E-state index contributed by atoms with van der Waals surface area (Å²) < 4.78 is 23.1. The summed E-state index contributed by atoms with van der Waals surface area (Å²) in [6.45, 7) is 0.0913. The number of carbonyl (C=O) groups excluding carboxylic acids is 1. The quantitative estimate of drug-likeness (QED) is 0.326. The molecule has 0 atom stereocenters. The van der Waals surface area contributed by atoms with Crippen LogP contribution in [0, 0.1) is 0 Å². The summed E-state index contributed by atoms with van der Waals surface area (Å²) in [6, 6.07) is 12.2. The molecule has 11 nitrogen and oxygen atoms in total. The Morgan fingerprint density at radius 1 is 0.914 bits per heavy atom. The molecule has 0 saturated heterocycles. The van der Waals surface area contributed by atoms with Crippen LogP contribution in [-0.4, -0.2) is 57.1 Å². The topological polar surface area (TPSA) is 123 Å². The van der Waals surface area contributed by atoms with Crippen molar-refractivity contribution >= 4 is 22.6 Å². The van der Waals surface area contributed by atoms with Gasteiger partial charge in [0.1, 0.15) is 18.1 Å². The molecule has 0 bridgehead atoms. The van der Waals surface area contributed by atoms with Crippen LogP contribution in [0.1, 0.15) is 16.2 Å². The van der Waals surface area contributed by atoms with Gasteiger partial charge in [-0.3, -0.25) is 4.98 Å². The van der Waals surface area contributed by atoms with Gasteiger partial charge in [-0.05, 0) is 24.3 Å². The molecule has 35 heavy (non-hydrogen) atoms. The van der Waals surface area contributed by atoms with Crippen LogP contribution in [0.4, 0.5) is 0 Å². The highest BCUT2D eigenvalue weighted by Crippen LogP contribution is 2.35. The molecule has 0 aliphatic carbocycles. The second-order valence-corrected chi connectivity index (χ2v) is 7.36. The summed E-state index contributed by atoms with van der Waals surface area (Å²) >= 11 is 0. The van der Waals surface area contributed by atoms with Gasteiger partial charge >= 0.3 is 5.97 Å². The fraction of sp³-hybridized carbons (Fsp3) is 0.167. The molecular formula is C24H20N6O5. The standard InChI is InChI=1S/C24H20N6O5/c1-32-20-10-16-17(11-21(20)33-2)25-9-8-19(16)35-13-22-27-28-24-26-12-18(29-30(22)24)14-4-6-15(7-5-14)23(31)34-3/h4-12H,13H2,1-3H3. The number of hydrogen-bond acceptors (Lipinski definition) is 10. The van der Waals surface area contributed by atoms with Gasteiger partial charge in [0.25, 0.3) is 5.78 Å². The van der Waals surface area contributed by atoms with Crippen molar-refractivity contribution < 1.29 is 23.7 Å². The van der Waals surface area contributed by atoms with Gasteiger partial charge in [0.05, 0.1) is 38.6 Å². The number of ether oxygens (including phenoxy) is 4. The van der Waals surface area contributed by atoms with Crippen molar-refractivity contribution in [3.63, 3.8) is 0 Å². The number of carbonyl (C=O) groups is 1. The molecular weight excluding hydrogens is 452 g/mol. The molecule has 0 saturated carbocycles. The molecule has 0 radical (unpaired) electrons. The number of methoxy groups -OCH3 is 3. The molecule has 0 N–H and O–H groups in total. The molecule has 0 unspecified atom stereocenters. The van der Waals surface area contributed by atoms with E-state index in [1.807, 2.05) is 6.07 Å². The zero-order valence-electron chi connectivity index (χ0n) is 19.1. The molecule has 11 heteroatoms. The van der Waals surface area contributed by atoms with Crippen molar-refractivity contribution in [3.05, 3.63) is 66.2 Å². The third-order valence-electron chi connectivity index (χ3n) is 5.36. The molecule has 2 aromatic carbocycles. The van der Waals surface area contributed by atoms with E-state index in [0.29, 0.717) is 45.6 Å². The first-order valence-corrected chi connectivity index (χ1v) is 10.5. The lowest BCUT2D eigenvalue weighted by Gasteiger charge is -2.12. The van der Waals surface area contributed by atoms with Crippen molar-refractivity contribution in [2.24, 2.45) is 0 Å². The van der Waals surface area contributed by atoms with E-state index in [-0.39, 0.29) is 6.61 Å². The molecule has 5 aromatic rings. The maximum absolute atomic E-state index is 11.7. The van der Waals surface area contributed by atoms with E-state index in [1.54, 1.807) is 63.0 Å². The van der Waals surface area contributed by atoms with Gasteiger partial charge in [-0.25, -0.2) is 9.78 Å². The van der Waals surface area contributed by atoms with Crippen molar-refractivity contribution in [2.45, 2.75) is 6.61 Å². The Hall–Kier alpha value is -4.80. The Morgan fingerprint density at radius 2 is 1.69 bits per heavy atom. The molecule has 5 rings (SSSR count). The summed E-state index contributed by atoms with van der Waals surface area (Å²) in [6.07, 6.45) is 3.25. The summed E-state index contributed by atoms with van der Waals surface area (Å²) in [4.78, 5) is 20.4. The Morgan fingerprint density at radius 3 is 2.43 bits per heavy atom. The average Bonchev–Trinajstić information content (AvgIpc) is 3.32. The van der Waals surface area contributed by atoms with Gasteiger partial charge in [0, 0.05) is 23.2 Å². The maximum atomic E-state index is 11.7. The third kappa shape index (κ3) is 4.14. The lowest BCUT2D eigenvalue weighted by atomic mass is 10.1. The molecule has 0 fully saturated rings. The molecule has 0 aliphatic heterocycles. The van der Waals surface area contributed by atoms with Crippen LogP contribution in [0.25, 0.3) is 27.9 Å². The minimum absolute atomic E-state index is 0.0913. The zero-order chi connectivity index (χ0) is 24.4. The van der Waals surface area contributed by atoms with Crippen molar-refractivity contribution in [3.8, 4) is 28.5 Å². The van der Waals surface area contributed by atoms with E-state index < -0.39 is 5.97 Å². The van der Waals surface area contributed by atoms with Crippen molar-refractivity contribution in [2.75, 3.05) is 21.3 Å². The van der Waals surface area contributed by atoms with Gasteiger partial charge < -0.3 is 18.9 Å². The lowest BCUT2D eigenvalue weighted by Crippen LogP contribution is -2.06. The molecule has 3 heterocycles. The van der Waals surface area contributed by atoms with E-state index in [4.69, 9.17) is 18.9 Å². The second kappa shape index (κ2) is 9.21.